The number of urea groups is 1. The second-order valence-electron chi connectivity index (χ2n) is 13.4. The van der Waals surface area contributed by atoms with Crippen LogP contribution in [0.2, 0.25) is 0 Å². The molecule has 0 atom stereocenters. The molecule has 4 aromatic carbocycles. The van der Waals surface area contributed by atoms with Gasteiger partial charge in [-0.1, -0.05) is 66.7 Å². The van der Waals surface area contributed by atoms with E-state index in [1.165, 1.54) is 33.5 Å². The fourth-order valence-corrected chi connectivity index (χ4v) is 7.48. The smallest absolute Gasteiger partial charge is 0.318 e. The number of benzene rings is 4. The Hall–Kier alpha value is -5.66. The number of carboxylic acids is 1. The Labute approximate surface area is 314 Å². The lowest BCUT2D eigenvalue weighted by Gasteiger charge is -2.46. The molecule has 0 aromatic heterocycles. The first-order valence-corrected chi connectivity index (χ1v) is 17.9. The Morgan fingerprint density at radius 1 is 0.796 bits per heavy atom. The van der Waals surface area contributed by atoms with E-state index < -0.39 is 11.5 Å². The number of methoxy groups -OCH3 is 3. The minimum absolute atomic E-state index is 0.0518. The van der Waals surface area contributed by atoms with Crippen LogP contribution >= 0.6 is 0 Å². The predicted octanol–water partition coefficient (Wildman–Crippen LogP) is 5.58. The van der Waals surface area contributed by atoms with Gasteiger partial charge >= 0.3 is 12.0 Å². The van der Waals surface area contributed by atoms with E-state index in [9.17, 15) is 23.9 Å². The summed E-state index contributed by atoms with van der Waals surface area (Å²) < 4.78 is 31.4. The molecule has 0 bridgehead atoms. The maximum absolute atomic E-state index is 14.7. The maximum Gasteiger partial charge on any atom is 0.318 e. The molecule has 54 heavy (non-hydrogen) atoms. The molecular weight excluding hydrogens is 693 g/mol. The largest absolute Gasteiger partial charge is 0.493 e. The van der Waals surface area contributed by atoms with E-state index in [1.807, 2.05) is 64.5 Å². The van der Waals surface area contributed by atoms with Crippen molar-refractivity contribution in [3.63, 3.8) is 0 Å². The number of piperidine rings is 1. The lowest BCUT2D eigenvalue weighted by molar-refractivity contribution is -0.138. The van der Waals surface area contributed by atoms with Gasteiger partial charge in [0.25, 0.3) is 5.91 Å². The van der Waals surface area contributed by atoms with Crippen LogP contribution in [0, 0.1) is 5.82 Å². The summed E-state index contributed by atoms with van der Waals surface area (Å²) >= 11 is 0. The zero-order valence-electron chi connectivity index (χ0n) is 31.0. The zero-order chi connectivity index (χ0) is 38.4. The summed E-state index contributed by atoms with van der Waals surface area (Å²) in [5.41, 5.74) is 3.31. The molecule has 2 aliphatic heterocycles. The minimum Gasteiger partial charge on any atom is -0.493 e. The Kier molecular flexibility index (Phi) is 11.7. The number of rotatable bonds is 11. The first-order valence-electron chi connectivity index (χ1n) is 17.9. The van der Waals surface area contributed by atoms with Crippen LogP contribution in [0.1, 0.15) is 28.8 Å². The summed E-state index contributed by atoms with van der Waals surface area (Å²) in [6.45, 7) is 2.67. The van der Waals surface area contributed by atoms with Crippen molar-refractivity contribution in [3.8, 4) is 39.5 Å². The minimum atomic E-state index is -0.887. The van der Waals surface area contributed by atoms with Crippen LogP contribution in [-0.2, 0) is 10.3 Å². The summed E-state index contributed by atoms with van der Waals surface area (Å²) in [5.74, 6) is -0.590. The lowest BCUT2D eigenvalue weighted by atomic mass is 9.81. The number of ether oxygens (including phenoxy) is 3. The third-order valence-corrected chi connectivity index (χ3v) is 10.4. The number of piperazine rings is 1. The Bertz CT molecular complexity index is 1960. The van der Waals surface area contributed by atoms with Crippen molar-refractivity contribution in [2.75, 3.05) is 74.2 Å². The molecule has 13 heteroatoms. The molecule has 284 valence electrons. The molecule has 3 amide bonds. The van der Waals surface area contributed by atoms with Gasteiger partial charge in [0, 0.05) is 51.9 Å². The molecule has 12 nitrogen and oxygen atoms in total. The van der Waals surface area contributed by atoms with Gasteiger partial charge < -0.3 is 29.5 Å². The summed E-state index contributed by atoms with van der Waals surface area (Å²) in [4.78, 5) is 43.2. The van der Waals surface area contributed by atoms with Gasteiger partial charge in [-0.25, -0.2) is 14.2 Å². The Morgan fingerprint density at radius 2 is 1.41 bits per heavy atom. The molecule has 0 saturated carbocycles. The molecule has 0 unspecified atom stereocenters. The number of hydrogen-bond donors (Lipinski definition) is 2. The number of carbonyl (C=O) groups excluding carboxylic acids is 2. The molecule has 0 spiro atoms. The van der Waals surface area contributed by atoms with Crippen LogP contribution in [-0.4, -0.2) is 117 Å². The van der Waals surface area contributed by atoms with Crippen molar-refractivity contribution in [3.05, 3.63) is 102 Å². The van der Waals surface area contributed by atoms with E-state index in [4.69, 9.17) is 14.2 Å². The first-order chi connectivity index (χ1) is 26.1. The van der Waals surface area contributed by atoms with Crippen molar-refractivity contribution in [1.29, 1.82) is 0 Å². The summed E-state index contributed by atoms with van der Waals surface area (Å²) in [7, 11) is 6.25. The highest BCUT2D eigenvalue weighted by Crippen LogP contribution is 2.49. The number of nitrogens with one attached hydrogen (secondary N) is 1. The monoisotopic (exact) mass is 739 g/mol. The molecule has 0 radical (unpaired) electrons. The molecule has 6 rings (SSSR count). The molecule has 2 saturated heterocycles. The van der Waals surface area contributed by atoms with Crippen molar-refractivity contribution in [2.24, 2.45) is 0 Å². The van der Waals surface area contributed by atoms with Gasteiger partial charge in [-0.15, -0.1) is 0 Å². The first kappa shape index (κ1) is 38.1. The third-order valence-electron chi connectivity index (χ3n) is 10.4. The highest BCUT2D eigenvalue weighted by molar-refractivity contribution is 6.05. The lowest BCUT2D eigenvalue weighted by Crippen LogP contribution is -2.60. The van der Waals surface area contributed by atoms with E-state index in [2.05, 4.69) is 5.32 Å². The average Bonchev–Trinajstić information content (AvgIpc) is 3.20. The number of nitrogens with zero attached hydrogens (tertiary/aromatic N) is 4. The van der Waals surface area contributed by atoms with Crippen molar-refractivity contribution >= 4 is 17.9 Å². The SMILES string of the molecule is COc1cc(C(=O)N(C)N2CCC(NC(=O)N3CCN(CC(=O)O)CC3)(c3ccccc3)CC2)c(-c2ccccc2-c2ccc(F)cc2)c(OC)c1OC. The van der Waals surface area contributed by atoms with E-state index in [1.54, 1.807) is 35.2 Å². The molecule has 2 heterocycles. The average molecular weight is 740 g/mol. The maximum atomic E-state index is 14.7. The number of halogens is 1. The number of aliphatic carboxylic acids is 1. The van der Waals surface area contributed by atoms with Crippen LogP contribution in [0.5, 0.6) is 17.2 Å². The zero-order valence-corrected chi connectivity index (χ0v) is 31.0. The van der Waals surface area contributed by atoms with Crippen LogP contribution in [0.3, 0.4) is 0 Å². The summed E-state index contributed by atoms with van der Waals surface area (Å²) in [5, 5.41) is 16.1. The molecular formula is C41H46FN5O7. The Morgan fingerprint density at radius 3 is 2.00 bits per heavy atom. The topological polar surface area (TPSA) is 124 Å². The van der Waals surface area contributed by atoms with Crippen LogP contribution in [0.4, 0.5) is 9.18 Å². The van der Waals surface area contributed by atoms with Gasteiger partial charge in [0.1, 0.15) is 5.82 Å². The van der Waals surface area contributed by atoms with Gasteiger partial charge in [0.15, 0.2) is 11.5 Å². The molecule has 2 fully saturated rings. The number of hydrazine groups is 1. The van der Waals surface area contributed by atoms with Crippen LogP contribution < -0.4 is 19.5 Å². The summed E-state index contributed by atoms with van der Waals surface area (Å²) in [6, 6.07) is 25.1. The fourth-order valence-electron chi connectivity index (χ4n) is 7.48. The van der Waals surface area contributed by atoms with Crippen molar-refractivity contribution in [2.45, 2.75) is 18.4 Å². The van der Waals surface area contributed by atoms with E-state index in [-0.39, 0.29) is 24.3 Å². The van der Waals surface area contributed by atoms with Gasteiger partial charge in [-0.05, 0) is 53.3 Å². The van der Waals surface area contributed by atoms with Crippen LogP contribution in [0.25, 0.3) is 22.3 Å². The van der Waals surface area contributed by atoms with E-state index >= 15 is 0 Å². The molecule has 2 aliphatic rings. The predicted molar refractivity (Wildman–Crippen MR) is 202 cm³/mol. The van der Waals surface area contributed by atoms with Gasteiger partial charge in [0.2, 0.25) is 5.75 Å². The Balaban J connectivity index is 1.29. The second-order valence-corrected chi connectivity index (χ2v) is 13.4. The molecule has 0 aliphatic carbocycles. The highest BCUT2D eigenvalue weighted by Gasteiger charge is 2.41. The highest BCUT2D eigenvalue weighted by atomic mass is 19.1. The van der Waals surface area contributed by atoms with Crippen LogP contribution in [0.15, 0.2) is 84.9 Å². The standard InChI is InChI=1S/C41H46FN5O7/c1-44(47-20-18-41(19-21-47,29-10-6-5-7-11-29)43-40(51)46-24-22-45(23-25-46)27-35(48)49)39(50)33-26-34(52-2)37(53-3)38(54-4)36(33)32-13-9-8-12-31(32)28-14-16-30(42)17-15-28/h5-17,26H,18-25,27H2,1-4H3,(H,43,51)(H,48,49). The fraction of sp³-hybridized carbons (Fsp3) is 0.341. The molecule has 2 N–H and O–H groups in total. The third kappa shape index (κ3) is 7.82. The normalized spacial score (nSPS) is 16.0. The van der Waals surface area contributed by atoms with Gasteiger partial charge in [0.05, 0.1) is 39.0 Å². The van der Waals surface area contributed by atoms with Crippen molar-refractivity contribution in [1.82, 2.24) is 25.1 Å². The number of hydrogen-bond acceptors (Lipinski definition) is 8. The summed E-state index contributed by atoms with van der Waals surface area (Å²) in [6.07, 6.45) is 1.05. The van der Waals surface area contributed by atoms with E-state index in [0.29, 0.717) is 86.0 Å². The van der Waals surface area contributed by atoms with E-state index in [0.717, 1.165) is 16.7 Å². The second kappa shape index (κ2) is 16.6. The number of carboxylic acid groups (broad SMARTS) is 1. The molecule has 4 aromatic rings. The number of carbonyl (C=O) groups is 3. The quantitative estimate of drug-likeness (QED) is 0.203. The van der Waals surface area contributed by atoms with Gasteiger partial charge in [-0.3, -0.25) is 19.5 Å². The van der Waals surface area contributed by atoms with Gasteiger partial charge in [-0.2, -0.15) is 0 Å². The number of amides is 3. The van der Waals surface area contributed by atoms with Crippen molar-refractivity contribution < 1.29 is 38.1 Å².